The first kappa shape index (κ1) is 10.5. The lowest BCUT2D eigenvalue weighted by Gasteiger charge is -1.97. The van der Waals surface area contributed by atoms with E-state index in [0.717, 1.165) is 11.7 Å². The third kappa shape index (κ3) is 3.42. The molecule has 1 nitrogen and oxygen atoms in total. The molecule has 0 radical (unpaired) electrons. The van der Waals surface area contributed by atoms with Crippen molar-refractivity contribution in [3.05, 3.63) is 17.0 Å². The molecule has 2 heteroatoms. The standard InChI is InChI=1S/C7H10OS.C2H6/c1-3-8-7-6(2)4-5-9-7;1-2/h4-5H,3H2,1-2H3;1-2H3. The van der Waals surface area contributed by atoms with Gasteiger partial charge in [0, 0.05) is 5.56 Å². The van der Waals surface area contributed by atoms with Crippen molar-refractivity contribution in [2.45, 2.75) is 27.7 Å². The van der Waals surface area contributed by atoms with Gasteiger partial charge in [0.05, 0.1) is 6.61 Å². The second-order valence-corrected chi connectivity index (χ2v) is 2.70. The molecule has 0 bridgehead atoms. The Morgan fingerprint density at radius 3 is 2.45 bits per heavy atom. The van der Waals surface area contributed by atoms with Crippen LogP contribution in [0.2, 0.25) is 0 Å². The summed E-state index contributed by atoms with van der Waals surface area (Å²) >= 11 is 1.65. The lowest BCUT2D eigenvalue weighted by Crippen LogP contribution is -1.88. The molecule has 0 aliphatic rings. The van der Waals surface area contributed by atoms with Crippen LogP contribution in [0, 0.1) is 6.92 Å². The Bertz CT molecular complexity index is 181. The van der Waals surface area contributed by atoms with Crippen LogP contribution < -0.4 is 4.74 Å². The normalized spacial score (nSPS) is 8.36. The van der Waals surface area contributed by atoms with Crippen LogP contribution >= 0.6 is 11.3 Å². The van der Waals surface area contributed by atoms with Crippen LogP contribution in [0.4, 0.5) is 0 Å². The van der Waals surface area contributed by atoms with Gasteiger partial charge in [-0.3, -0.25) is 0 Å². The summed E-state index contributed by atoms with van der Waals surface area (Å²) in [6.45, 7) is 8.82. The van der Waals surface area contributed by atoms with E-state index < -0.39 is 0 Å². The number of aryl methyl sites for hydroxylation is 1. The summed E-state index contributed by atoms with van der Waals surface area (Å²) in [5.74, 6) is 0. The lowest BCUT2D eigenvalue weighted by molar-refractivity contribution is 0.348. The summed E-state index contributed by atoms with van der Waals surface area (Å²) in [6.07, 6.45) is 0. The van der Waals surface area contributed by atoms with E-state index in [4.69, 9.17) is 4.74 Å². The minimum absolute atomic E-state index is 0.765. The van der Waals surface area contributed by atoms with E-state index in [2.05, 4.69) is 13.0 Å². The minimum atomic E-state index is 0.765. The van der Waals surface area contributed by atoms with Gasteiger partial charge in [-0.1, -0.05) is 13.8 Å². The molecular weight excluding hydrogens is 156 g/mol. The van der Waals surface area contributed by atoms with Gasteiger partial charge in [0.25, 0.3) is 0 Å². The molecule has 1 heterocycles. The van der Waals surface area contributed by atoms with Crippen molar-refractivity contribution in [2.24, 2.45) is 0 Å². The first-order chi connectivity index (χ1) is 5.34. The minimum Gasteiger partial charge on any atom is -0.484 e. The monoisotopic (exact) mass is 172 g/mol. The maximum atomic E-state index is 5.30. The SMILES string of the molecule is CC.CCOc1sccc1C. The molecule has 1 aromatic rings. The molecular formula is C9H16OS. The predicted octanol–water partition coefficient (Wildman–Crippen LogP) is 3.48. The van der Waals surface area contributed by atoms with Gasteiger partial charge >= 0.3 is 0 Å². The molecule has 0 spiro atoms. The molecule has 0 saturated carbocycles. The van der Waals surface area contributed by atoms with E-state index >= 15 is 0 Å². The zero-order valence-corrected chi connectivity index (χ0v) is 8.49. The molecule has 0 aliphatic heterocycles. The van der Waals surface area contributed by atoms with Crippen molar-refractivity contribution in [1.29, 1.82) is 0 Å². The van der Waals surface area contributed by atoms with E-state index in [-0.39, 0.29) is 0 Å². The fraction of sp³-hybridized carbons (Fsp3) is 0.556. The van der Waals surface area contributed by atoms with E-state index in [1.54, 1.807) is 11.3 Å². The fourth-order valence-corrected chi connectivity index (χ4v) is 1.47. The molecule has 0 unspecified atom stereocenters. The van der Waals surface area contributed by atoms with Crippen LogP contribution in [0.5, 0.6) is 5.06 Å². The maximum absolute atomic E-state index is 5.30. The Morgan fingerprint density at radius 2 is 2.09 bits per heavy atom. The van der Waals surface area contributed by atoms with Crippen molar-refractivity contribution >= 4 is 11.3 Å². The van der Waals surface area contributed by atoms with Gasteiger partial charge in [0.1, 0.15) is 0 Å². The quantitative estimate of drug-likeness (QED) is 0.663. The van der Waals surface area contributed by atoms with E-state index in [9.17, 15) is 0 Å². The number of hydrogen-bond donors (Lipinski definition) is 0. The first-order valence-corrected chi connectivity index (χ1v) is 4.89. The lowest BCUT2D eigenvalue weighted by atomic mass is 10.4. The highest BCUT2D eigenvalue weighted by atomic mass is 32.1. The van der Waals surface area contributed by atoms with E-state index in [0.29, 0.717) is 0 Å². The molecule has 0 atom stereocenters. The van der Waals surface area contributed by atoms with Gasteiger partial charge in [0.15, 0.2) is 5.06 Å². The van der Waals surface area contributed by atoms with Crippen molar-refractivity contribution in [3.8, 4) is 5.06 Å². The average molecular weight is 172 g/mol. The van der Waals surface area contributed by atoms with Crippen LogP contribution in [0.1, 0.15) is 26.3 Å². The summed E-state index contributed by atoms with van der Waals surface area (Å²) < 4.78 is 5.30. The topological polar surface area (TPSA) is 9.23 Å². The number of thiophene rings is 1. The molecule has 0 aromatic carbocycles. The zero-order valence-electron chi connectivity index (χ0n) is 7.68. The highest BCUT2D eigenvalue weighted by Crippen LogP contribution is 2.24. The zero-order chi connectivity index (χ0) is 8.69. The number of hydrogen-bond acceptors (Lipinski definition) is 2. The van der Waals surface area contributed by atoms with Gasteiger partial charge in [-0.15, -0.1) is 11.3 Å². The highest BCUT2D eigenvalue weighted by molar-refractivity contribution is 7.12. The summed E-state index contributed by atoms with van der Waals surface area (Å²) in [7, 11) is 0. The van der Waals surface area contributed by atoms with Gasteiger partial charge in [-0.05, 0) is 25.3 Å². The van der Waals surface area contributed by atoms with Crippen LogP contribution in [0.25, 0.3) is 0 Å². The summed E-state index contributed by atoms with van der Waals surface area (Å²) in [5, 5.41) is 3.10. The molecule has 1 aromatic heterocycles. The highest BCUT2D eigenvalue weighted by Gasteiger charge is 1.96. The van der Waals surface area contributed by atoms with Gasteiger partial charge in [-0.2, -0.15) is 0 Å². The summed E-state index contributed by atoms with van der Waals surface area (Å²) in [6, 6.07) is 2.07. The van der Waals surface area contributed by atoms with Crippen LogP contribution in [-0.2, 0) is 0 Å². The smallest absolute Gasteiger partial charge is 0.176 e. The summed E-state index contributed by atoms with van der Waals surface area (Å²) in [4.78, 5) is 0. The largest absolute Gasteiger partial charge is 0.484 e. The second kappa shape index (κ2) is 6.23. The Balaban J connectivity index is 0.000000461. The molecule has 0 amide bonds. The fourth-order valence-electron chi connectivity index (χ4n) is 0.638. The third-order valence-electron chi connectivity index (χ3n) is 1.09. The number of rotatable bonds is 2. The Kier molecular flexibility index (Phi) is 5.94. The number of ether oxygens (including phenoxy) is 1. The molecule has 64 valence electrons. The van der Waals surface area contributed by atoms with E-state index in [1.807, 2.05) is 26.2 Å². The van der Waals surface area contributed by atoms with Crippen molar-refractivity contribution in [2.75, 3.05) is 6.61 Å². The van der Waals surface area contributed by atoms with Gasteiger partial charge in [-0.25, -0.2) is 0 Å². The molecule has 0 fully saturated rings. The van der Waals surface area contributed by atoms with Crippen molar-refractivity contribution in [3.63, 3.8) is 0 Å². The maximum Gasteiger partial charge on any atom is 0.176 e. The predicted molar refractivity (Wildman–Crippen MR) is 51.6 cm³/mol. The average Bonchev–Trinajstić information content (AvgIpc) is 2.42. The molecule has 0 saturated heterocycles. The van der Waals surface area contributed by atoms with Crippen LogP contribution in [0.3, 0.4) is 0 Å². The first-order valence-electron chi connectivity index (χ1n) is 4.01. The molecule has 0 N–H and O–H groups in total. The van der Waals surface area contributed by atoms with E-state index in [1.165, 1.54) is 5.56 Å². The molecule has 11 heavy (non-hydrogen) atoms. The van der Waals surface area contributed by atoms with Crippen molar-refractivity contribution in [1.82, 2.24) is 0 Å². The van der Waals surface area contributed by atoms with Crippen LogP contribution in [-0.4, -0.2) is 6.61 Å². The summed E-state index contributed by atoms with van der Waals surface area (Å²) in [5.41, 5.74) is 1.24. The molecule has 0 aliphatic carbocycles. The van der Waals surface area contributed by atoms with Crippen LogP contribution in [0.15, 0.2) is 11.4 Å². The Morgan fingerprint density at radius 1 is 1.45 bits per heavy atom. The third-order valence-corrected chi connectivity index (χ3v) is 2.02. The molecule has 1 rings (SSSR count). The van der Waals surface area contributed by atoms with Gasteiger partial charge < -0.3 is 4.74 Å². The van der Waals surface area contributed by atoms with Gasteiger partial charge in [0.2, 0.25) is 0 Å². The Hall–Kier alpha value is -0.500. The van der Waals surface area contributed by atoms with Crippen molar-refractivity contribution < 1.29 is 4.74 Å². The Labute approximate surface area is 73.0 Å². The second-order valence-electron chi connectivity index (χ2n) is 1.82.